The molecule has 2 aromatic carbocycles. The largest absolute Gasteiger partial charge is 0.480 e. The third kappa shape index (κ3) is 5.23. The molecule has 0 aliphatic heterocycles. The van der Waals surface area contributed by atoms with Gasteiger partial charge in [0.15, 0.2) is 0 Å². The molecule has 0 radical (unpaired) electrons. The lowest BCUT2D eigenvalue weighted by Crippen LogP contribution is -2.51. The minimum absolute atomic E-state index is 0.0810. The van der Waals surface area contributed by atoms with Gasteiger partial charge in [-0.2, -0.15) is 0 Å². The highest BCUT2D eigenvalue weighted by Gasteiger charge is 2.30. The number of aliphatic carboxylic acids is 1. The Bertz CT molecular complexity index is 926. The average Bonchev–Trinajstić information content (AvgIpc) is 3.05. The molecule has 2 amide bonds. The Balaban J connectivity index is 1.66. The van der Waals surface area contributed by atoms with E-state index < -0.39 is 30.1 Å². The van der Waals surface area contributed by atoms with Crippen molar-refractivity contribution in [2.45, 2.75) is 45.2 Å². The number of fused-ring (bicyclic) bond motifs is 3. The standard InChI is InChI=1S/C24H28N2O5/c1-14(2)12-21(22(27)25-15(3)23(28)29)26-24(30)31-13-20-18-10-6-4-8-16(18)17-9-5-7-11-19(17)20/h4-11,14-15,20-21H,12-13H2,1-3H3,(H,25,27)(H,26,30)(H,28,29)/t15?,21-/m0/s1. The predicted molar refractivity (Wildman–Crippen MR) is 117 cm³/mol. The molecule has 0 saturated heterocycles. The van der Waals surface area contributed by atoms with Gasteiger partial charge in [0.2, 0.25) is 5.91 Å². The fourth-order valence-electron chi connectivity index (χ4n) is 3.86. The molecule has 164 valence electrons. The fraction of sp³-hybridized carbons (Fsp3) is 0.375. The van der Waals surface area contributed by atoms with Gasteiger partial charge in [-0.3, -0.25) is 9.59 Å². The van der Waals surface area contributed by atoms with E-state index in [0.717, 1.165) is 22.3 Å². The summed E-state index contributed by atoms with van der Waals surface area (Å²) in [6.07, 6.45) is -0.340. The van der Waals surface area contributed by atoms with E-state index in [2.05, 4.69) is 22.8 Å². The molecule has 0 saturated carbocycles. The Kier molecular flexibility index (Phi) is 6.95. The molecule has 7 heteroatoms. The Hall–Kier alpha value is -3.35. The number of benzene rings is 2. The Morgan fingerprint density at radius 2 is 1.48 bits per heavy atom. The number of nitrogens with one attached hydrogen (secondary N) is 2. The van der Waals surface area contributed by atoms with Gasteiger partial charge in [0.05, 0.1) is 0 Å². The van der Waals surface area contributed by atoms with Gasteiger partial charge in [-0.1, -0.05) is 62.4 Å². The highest BCUT2D eigenvalue weighted by atomic mass is 16.5. The molecule has 0 aromatic heterocycles. The van der Waals surface area contributed by atoms with Crippen LogP contribution in [0.1, 0.15) is 44.2 Å². The summed E-state index contributed by atoms with van der Waals surface area (Å²) in [5.41, 5.74) is 4.46. The molecular weight excluding hydrogens is 396 g/mol. The van der Waals surface area contributed by atoms with Crippen molar-refractivity contribution in [3.05, 3.63) is 59.7 Å². The van der Waals surface area contributed by atoms with Gasteiger partial charge in [-0.25, -0.2) is 4.79 Å². The first-order valence-corrected chi connectivity index (χ1v) is 10.4. The number of amides is 2. The Morgan fingerprint density at radius 1 is 0.935 bits per heavy atom. The average molecular weight is 424 g/mol. The maximum Gasteiger partial charge on any atom is 0.407 e. The van der Waals surface area contributed by atoms with Crippen molar-refractivity contribution in [2.75, 3.05) is 6.61 Å². The van der Waals surface area contributed by atoms with Crippen molar-refractivity contribution >= 4 is 18.0 Å². The second-order valence-corrected chi connectivity index (χ2v) is 8.22. The van der Waals surface area contributed by atoms with Gasteiger partial charge in [0.1, 0.15) is 18.7 Å². The number of hydrogen-bond donors (Lipinski definition) is 3. The summed E-state index contributed by atoms with van der Waals surface area (Å²) in [6, 6.07) is 14.1. The number of carboxylic acid groups (broad SMARTS) is 1. The van der Waals surface area contributed by atoms with Crippen LogP contribution in [0.2, 0.25) is 0 Å². The number of rotatable bonds is 8. The minimum Gasteiger partial charge on any atom is -0.480 e. The van der Waals surface area contributed by atoms with Crippen molar-refractivity contribution in [1.82, 2.24) is 10.6 Å². The molecular formula is C24H28N2O5. The molecule has 31 heavy (non-hydrogen) atoms. The lowest BCUT2D eigenvalue weighted by Gasteiger charge is -2.22. The van der Waals surface area contributed by atoms with Crippen LogP contribution in [0.15, 0.2) is 48.5 Å². The molecule has 2 aromatic rings. The quantitative estimate of drug-likeness (QED) is 0.601. The van der Waals surface area contributed by atoms with Crippen LogP contribution in [0.4, 0.5) is 4.79 Å². The van der Waals surface area contributed by atoms with E-state index in [9.17, 15) is 14.4 Å². The number of hydrogen-bond acceptors (Lipinski definition) is 4. The van der Waals surface area contributed by atoms with Crippen molar-refractivity contribution in [3.8, 4) is 11.1 Å². The van der Waals surface area contributed by atoms with Crippen LogP contribution in [0.25, 0.3) is 11.1 Å². The zero-order chi connectivity index (χ0) is 22.5. The van der Waals surface area contributed by atoms with Gasteiger partial charge in [-0.05, 0) is 41.5 Å². The summed E-state index contributed by atoms with van der Waals surface area (Å²) >= 11 is 0. The molecule has 1 aliphatic carbocycles. The summed E-state index contributed by atoms with van der Waals surface area (Å²) in [4.78, 5) is 36.0. The van der Waals surface area contributed by atoms with Crippen LogP contribution in [0.3, 0.4) is 0 Å². The fourth-order valence-corrected chi connectivity index (χ4v) is 3.86. The van der Waals surface area contributed by atoms with Crippen molar-refractivity contribution < 1.29 is 24.2 Å². The third-order valence-corrected chi connectivity index (χ3v) is 5.39. The number of alkyl carbamates (subject to hydrolysis) is 1. The van der Waals surface area contributed by atoms with E-state index in [1.165, 1.54) is 6.92 Å². The molecule has 7 nitrogen and oxygen atoms in total. The van der Waals surface area contributed by atoms with E-state index in [1.807, 2.05) is 50.2 Å². The van der Waals surface area contributed by atoms with Crippen LogP contribution >= 0.6 is 0 Å². The molecule has 1 unspecified atom stereocenters. The maximum absolute atomic E-state index is 12.5. The van der Waals surface area contributed by atoms with Gasteiger partial charge in [-0.15, -0.1) is 0 Å². The first kappa shape index (κ1) is 22.3. The lowest BCUT2D eigenvalue weighted by molar-refractivity contribution is -0.141. The number of carbonyl (C=O) groups is 3. The molecule has 0 heterocycles. The van der Waals surface area contributed by atoms with Crippen molar-refractivity contribution in [1.29, 1.82) is 0 Å². The molecule has 3 rings (SSSR count). The van der Waals surface area contributed by atoms with E-state index in [4.69, 9.17) is 9.84 Å². The van der Waals surface area contributed by atoms with Gasteiger partial charge >= 0.3 is 12.1 Å². The number of ether oxygens (including phenoxy) is 1. The van der Waals surface area contributed by atoms with Crippen LogP contribution < -0.4 is 10.6 Å². The molecule has 2 atom stereocenters. The highest BCUT2D eigenvalue weighted by molar-refractivity contribution is 5.89. The van der Waals surface area contributed by atoms with Gasteiger partial charge < -0.3 is 20.5 Å². The summed E-state index contributed by atoms with van der Waals surface area (Å²) < 4.78 is 5.51. The first-order chi connectivity index (χ1) is 14.8. The first-order valence-electron chi connectivity index (χ1n) is 10.4. The highest BCUT2D eigenvalue weighted by Crippen LogP contribution is 2.44. The number of carbonyl (C=O) groups excluding carboxylic acids is 2. The van der Waals surface area contributed by atoms with E-state index in [1.54, 1.807) is 0 Å². The smallest absolute Gasteiger partial charge is 0.407 e. The third-order valence-electron chi connectivity index (χ3n) is 5.39. The Labute approximate surface area is 181 Å². The minimum atomic E-state index is -1.14. The Morgan fingerprint density at radius 3 is 2.00 bits per heavy atom. The lowest BCUT2D eigenvalue weighted by atomic mass is 9.98. The molecule has 0 bridgehead atoms. The zero-order valence-corrected chi connectivity index (χ0v) is 17.9. The summed E-state index contributed by atoms with van der Waals surface area (Å²) in [5.74, 6) is -1.65. The zero-order valence-electron chi connectivity index (χ0n) is 17.9. The topological polar surface area (TPSA) is 105 Å². The van der Waals surface area contributed by atoms with Gasteiger partial charge in [0.25, 0.3) is 0 Å². The normalized spacial score (nSPS) is 14.3. The van der Waals surface area contributed by atoms with E-state index in [-0.39, 0.29) is 18.4 Å². The second-order valence-electron chi connectivity index (χ2n) is 8.22. The summed E-state index contributed by atoms with van der Waals surface area (Å²) in [7, 11) is 0. The van der Waals surface area contributed by atoms with Crippen molar-refractivity contribution in [2.24, 2.45) is 5.92 Å². The van der Waals surface area contributed by atoms with E-state index >= 15 is 0 Å². The molecule has 3 N–H and O–H groups in total. The predicted octanol–water partition coefficient (Wildman–Crippen LogP) is 3.53. The SMILES string of the molecule is CC(C)C[C@H](NC(=O)OCC1c2ccccc2-c2ccccc21)C(=O)NC(C)C(=O)O. The summed E-state index contributed by atoms with van der Waals surface area (Å²) in [5, 5.41) is 14.0. The van der Waals surface area contributed by atoms with Crippen molar-refractivity contribution in [3.63, 3.8) is 0 Å². The molecule has 0 spiro atoms. The van der Waals surface area contributed by atoms with Crippen LogP contribution in [0.5, 0.6) is 0 Å². The van der Waals surface area contributed by atoms with E-state index in [0.29, 0.717) is 6.42 Å². The molecule has 0 fully saturated rings. The summed E-state index contributed by atoms with van der Waals surface area (Å²) in [6.45, 7) is 5.35. The van der Waals surface area contributed by atoms with Crippen LogP contribution in [-0.2, 0) is 14.3 Å². The monoisotopic (exact) mass is 424 g/mol. The van der Waals surface area contributed by atoms with Crippen LogP contribution in [-0.4, -0.2) is 41.8 Å². The number of carboxylic acids is 1. The molecule has 1 aliphatic rings. The van der Waals surface area contributed by atoms with Gasteiger partial charge in [0, 0.05) is 5.92 Å². The maximum atomic E-state index is 12.5. The second kappa shape index (κ2) is 9.64. The van der Waals surface area contributed by atoms with Crippen LogP contribution in [0, 0.1) is 5.92 Å².